The van der Waals surface area contributed by atoms with E-state index in [1.165, 1.54) is 0 Å². The minimum Gasteiger partial charge on any atom is -0.459 e. The second-order valence-corrected chi connectivity index (χ2v) is 13.1. The van der Waals surface area contributed by atoms with Gasteiger partial charge in [-0.1, -0.05) is 105 Å². The highest BCUT2D eigenvalue weighted by Gasteiger charge is 2.33. The van der Waals surface area contributed by atoms with E-state index in [0.717, 1.165) is 16.7 Å². The predicted octanol–water partition coefficient (Wildman–Crippen LogP) is 6.46. The van der Waals surface area contributed by atoms with Crippen molar-refractivity contribution in [1.29, 1.82) is 0 Å². The topological polar surface area (TPSA) is 108 Å². The van der Waals surface area contributed by atoms with E-state index in [4.69, 9.17) is 14.2 Å². The lowest BCUT2D eigenvalue weighted by atomic mass is 9.85. The maximum Gasteiger partial charge on any atom is 0.328 e. The second-order valence-electron chi connectivity index (χ2n) is 13.1. The van der Waals surface area contributed by atoms with Crippen molar-refractivity contribution >= 4 is 23.8 Å². The standard InChI is InChI=1S/C38H47NO7/c1-27(2)21-33(36(42)44-25-30-19-13-8-14-20-30)39-34(40)31(22-28-15-9-6-10-16-28)24-32(23-29-17-11-7-12-18-29)35(41)45-26-46-37(43)38(3,4)5/h6-20,27,31-33H,21-26H2,1-5H3,(H,39,40)/t31?,32-,33-/m0/s1. The summed E-state index contributed by atoms with van der Waals surface area (Å²) >= 11 is 0. The highest BCUT2D eigenvalue weighted by atomic mass is 16.7. The Kier molecular flexibility index (Phi) is 14.0. The molecule has 8 nitrogen and oxygen atoms in total. The van der Waals surface area contributed by atoms with Gasteiger partial charge >= 0.3 is 17.9 Å². The predicted molar refractivity (Wildman–Crippen MR) is 176 cm³/mol. The summed E-state index contributed by atoms with van der Waals surface area (Å²) in [6.45, 7) is 8.68. The molecule has 3 rings (SSSR count). The number of hydrogen-bond donors (Lipinski definition) is 1. The Morgan fingerprint density at radius 1 is 0.630 bits per heavy atom. The first-order chi connectivity index (χ1) is 21.9. The van der Waals surface area contributed by atoms with E-state index in [1.807, 2.05) is 105 Å². The van der Waals surface area contributed by atoms with Crippen molar-refractivity contribution in [3.05, 3.63) is 108 Å². The van der Waals surface area contributed by atoms with E-state index in [-0.39, 0.29) is 24.9 Å². The average Bonchev–Trinajstić information content (AvgIpc) is 3.03. The first kappa shape index (κ1) is 36.0. The van der Waals surface area contributed by atoms with Gasteiger partial charge < -0.3 is 19.5 Å². The lowest BCUT2D eigenvalue weighted by Crippen LogP contribution is -2.46. The minimum absolute atomic E-state index is 0.0996. The summed E-state index contributed by atoms with van der Waals surface area (Å²) in [5, 5.41) is 2.95. The third kappa shape index (κ3) is 12.5. The van der Waals surface area contributed by atoms with Gasteiger partial charge in [-0.2, -0.15) is 0 Å². The van der Waals surface area contributed by atoms with Crippen molar-refractivity contribution in [2.45, 2.75) is 73.0 Å². The van der Waals surface area contributed by atoms with Gasteiger partial charge in [-0.05, 0) is 69.1 Å². The van der Waals surface area contributed by atoms with E-state index in [2.05, 4.69) is 5.32 Å². The summed E-state index contributed by atoms with van der Waals surface area (Å²) in [5.41, 5.74) is 1.92. The van der Waals surface area contributed by atoms with E-state index < -0.39 is 48.0 Å². The molecule has 0 bridgehead atoms. The van der Waals surface area contributed by atoms with Crippen molar-refractivity contribution in [3.63, 3.8) is 0 Å². The Balaban J connectivity index is 1.82. The highest BCUT2D eigenvalue weighted by Crippen LogP contribution is 2.24. The molecule has 0 aliphatic carbocycles. The minimum atomic E-state index is -0.856. The Labute approximate surface area is 272 Å². The van der Waals surface area contributed by atoms with E-state index >= 15 is 0 Å². The normalized spacial score (nSPS) is 13.3. The zero-order valence-electron chi connectivity index (χ0n) is 27.6. The first-order valence-electron chi connectivity index (χ1n) is 15.8. The highest BCUT2D eigenvalue weighted by molar-refractivity contribution is 5.86. The molecule has 0 heterocycles. The van der Waals surface area contributed by atoms with Gasteiger partial charge in [0, 0.05) is 5.92 Å². The Bertz CT molecular complexity index is 1380. The van der Waals surface area contributed by atoms with E-state index in [9.17, 15) is 19.2 Å². The lowest BCUT2D eigenvalue weighted by molar-refractivity contribution is -0.175. The summed E-state index contributed by atoms with van der Waals surface area (Å²) in [6.07, 6.45) is 1.21. The fourth-order valence-electron chi connectivity index (χ4n) is 4.97. The quantitative estimate of drug-likeness (QED) is 0.143. The van der Waals surface area contributed by atoms with Crippen molar-refractivity contribution in [2.24, 2.45) is 23.2 Å². The monoisotopic (exact) mass is 629 g/mol. The number of nitrogens with one attached hydrogen (secondary N) is 1. The van der Waals surface area contributed by atoms with Crippen LogP contribution in [0.1, 0.15) is 64.2 Å². The van der Waals surface area contributed by atoms with Gasteiger partial charge in [-0.15, -0.1) is 0 Å². The molecule has 0 aromatic heterocycles. The zero-order chi connectivity index (χ0) is 33.5. The number of carbonyl (C=O) groups is 4. The molecule has 0 aliphatic rings. The molecular formula is C38H47NO7. The molecule has 46 heavy (non-hydrogen) atoms. The number of carbonyl (C=O) groups excluding carboxylic acids is 4. The summed E-state index contributed by atoms with van der Waals surface area (Å²) in [4.78, 5) is 52.9. The van der Waals surface area contributed by atoms with Crippen molar-refractivity contribution < 1.29 is 33.4 Å². The van der Waals surface area contributed by atoms with Gasteiger partial charge in [0.25, 0.3) is 0 Å². The number of ether oxygens (including phenoxy) is 3. The van der Waals surface area contributed by atoms with Crippen LogP contribution in [0.2, 0.25) is 0 Å². The fraction of sp³-hybridized carbons (Fsp3) is 0.421. The zero-order valence-corrected chi connectivity index (χ0v) is 27.6. The van der Waals surface area contributed by atoms with Crippen LogP contribution in [0.3, 0.4) is 0 Å². The number of rotatable bonds is 16. The third-order valence-electron chi connectivity index (χ3n) is 7.46. The lowest BCUT2D eigenvalue weighted by Gasteiger charge is -2.26. The number of esters is 3. The molecule has 0 fully saturated rings. The molecular weight excluding hydrogens is 582 g/mol. The molecule has 3 atom stereocenters. The van der Waals surface area contributed by atoms with Crippen LogP contribution < -0.4 is 5.32 Å². The SMILES string of the molecule is CC(C)C[C@H](NC(=O)C(Cc1ccccc1)C[C@H](Cc1ccccc1)C(=O)OCOC(=O)C(C)(C)C)C(=O)OCc1ccccc1. The van der Waals surface area contributed by atoms with Gasteiger partial charge in [0.1, 0.15) is 12.6 Å². The second kappa shape index (κ2) is 17.9. The maximum atomic E-state index is 14.0. The summed E-state index contributed by atoms with van der Waals surface area (Å²) in [5.74, 6) is -3.20. The summed E-state index contributed by atoms with van der Waals surface area (Å²) < 4.78 is 16.2. The van der Waals surface area contributed by atoms with Crippen molar-refractivity contribution in [3.8, 4) is 0 Å². The van der Waals surface area contributed by atoms with Crippen LogP contribution in [0, 0.1) is 23.2 Å². The maximum absolute atomic E-state index is 14.0. The molecule has 1 N–H and O–H groups in total. The van der Waals surface area contributed by atoms with Gasteiger partial charge in [0.05, 0.1) is 11.3 Å². The van der Waals surface area contributed by atoms with Gasteiger partial charge in [-0.25, -0.2) is 4.79 Å². The van der Waals surface area contributed by atoms with Crippen LogP contribution in [0.25, 0.3) is 0 Å². The van der Waals surface area contributed by atoms with Crippen LogP contribution in [0.5, 0.6) is 0 Å². The molecule has 3 aromatic carbocycles. The molecule has 8 heteroatoms. The molecule has 246 valence electrons. The molecule has 3 aromatic rings. The molecule has 0 spiro atoms. The fourth-order valence-corrected chi connectivity index (χ4v) is 4.97. The molecule has 0 saturated carbocycles. The summed E-state index contributed by atoms with van der Waals surface area (Å²) in [6, 6.07) is 27.5. The van der Waals surface area contributed by atoms with Crippen LogP contribution in [0.15, 0.2) is 91.0 Å². The van der Waals surface area contributed by atoms with Crippen LogP contribution >= 0.6 is 0 Å². The Hall–Kier alpha value is -4.46. The van der Waals surface area contributed by atoms with Gasteiger partial charge in [0.15, 0.2) is 0 Å². The van der Waals surface area contributed by atoms with Gasteiger partial charge in [-0.3, -0.25) is 14.4 Å². The Morgan fingerprint density at radius 3 is 1.63 bits per heavy atom. The number of hydrogen-bond acceptors (Lipinski definition) is 7. The smallest absolute Gasteiger partial charge is 0.328 e. The van der Waals surface area contributed by atoms with E-state index in [0.29, 0.717) is 19.3 Å². The number of benzene rings is 3. The van der Waals surface area contributed by atoms with Crippen LogP contribution in [0.4, 0.5) is 0 Å². The largest absolute Gasteiger partial charge is 0.459 e. The van der Waals surface area contributed by atoms with Crippen molar-refractivity contribution in [2.75, 3.05) is 6.79 Å². The molecule has 1 amide bonds. The van der Waals surface area contributed by atoms with Gasteiger partial charge in [0.2, 0.25) is 12.7 Å². The first-order valence-corrected chi connectivity index (χ1v) is 15.8. The summed E-state index contributed by atoms with van der Waals surface area (Å²) in [7, 11) is 0. The third-order valence-corrected chi connectivity index (χ3v) is 7.46. The van der Waals surface area contributed by atoms with Crippen LogP contribution in [-0.2, 0) is 52.8 Å². The average molecular weight is 630 g/mol. The molecule has 0 radical (unpaired) electrons. The number of amides is 1. The Morgan fingerprint density at radius 2 is 1.13 bits per heavy atom. The van der Waals surface area contributed by atoms with Crippen molar-refractivity contribution in [1.82, 2.24) is 5.32 Å². The molecule has 1 unspecified atom stereocenters. The van der Waals surface area contributed by atoms with Crippen LogP contribution in [-0.4, -0.2) is 36.6 Å². The van der Waals surface area contributed by atoms with E-state index in [1.54, 1.807) is 20.8 Å². The molecule has 0 aliphatic heterocycles. The molecule has 0 saturated heterocycles.